The highest BCUT2D eigenvalue weighted by molar-refractivity contribution is 5.30. The Hall–Kier alpha value is -1.91. The molecule has 4 heteroatoms. The minimum Gasteiger partial charge on any atom is -0.489 e. The van der Waals surface area contributed by atoms with Crippen molar-refractivity contribution in [1.82, 2.24) is 0 Å². The van der Waals surface area contributed by atoms with Crippen molar-refractivity contribution in [1.29, 1.82) is 0 Å². The van der Waals surface area contributed by atoms with Crippen LogP contribution < -0.4 is 4.74 Å². The predicted octanol–water partition coefficient (Wildman–Crippen LogP) is 2.39. The van der Waals surface area contributed by atoms with E-state index in [1.54, 1.807) is 6.07 Å². The van der Waals surface area contributed by atoms with E-state index in [1.807, 2.05) is 24.3 Å². The SMILES string of the molecule is OCc1ccc(COc2cc(F)cc(CO)c2)cc1. The van der Waals surface area contributed by atoms with Crippen molar-refractivity contribution in [2.24, 2.45) is 0 Å². The lowest BCUT2D eigenvalue weighted by molar-refractivity contribution is 0.276. The van der Waals surface area contributed by atoms with Crippen molar-refractivity contribution >= 4 is 0 Å². The standard InChI is InChI=1S/C15H15FO3/c16-14-5-13(9-18)6-15(7-14)19-10-12-3-1-11(8-17)2-4-12/h1-7,17-18H,8-10H2. The van der Waals surface area contributed by atoms with Gasteiger partial charge in [-0.2, -0.15) is 0 Å². The quantitative estimate of drug-likeness (QED) is 0.869. The topological polar surface area (TPSA) is 49.7 Å². The minimum atomic E-state index is -0.433. The molecule has 0 aliphatic carbocycles. The van der Waals surface area contributed by atoms with Crippen LogP contribution in [0, 0.1) is 5.82 Å². The summed E-state index contributed by atoms with van der Waals surface area (Å²) in [5, 5.41) is 17.9. The molecule has 0 saturated heterocycles. The van der Waals surface area contributed by atoms with Gasteiger partial charge in [0.15, 0.2) is 0 Å². The molecule has 0 aromatic heterocycles. The first-order valence-electron chi connectivity index (χ1n) is 5.93. The van der Waals surface area contributed by atoms with Gasteiger partial charge < -0.3 is 14.9 Å². The molecule has 19 heavy (non-hydrogen) atoms. The van der Waals surface area contributed by atoms with Crippen molar-refractivity contribution < 1.29 is 19.3 Å². The molecule has 2 rings (SSSR count). The molecule has 0 heterocycles. The first-order chi connectivity index (χ1) is 9.21. The zero-order chi connectivity index (χ0) is 13.7. The van der Waals surface area contributed by atoms with Gasteiger partial charge in [0.05, 0.1) is 13.2 Å². The molecule has 0 bridgehead atoms. The molecule has 0 saturated carbocycles. The van der Waals surface area contributed by atoms with Crippen LogP contribution in [0.1, 0.15) is 16.7 Å². The minimum absolute atomic E-state index is 0.00485. The summed E-state index contributed by atoms with van der Waals surface area (Å²) in [5.74, 6) is -0.0486. The highest BCUT2D eigenvalue weighted by atomic mass is 19.1. The zero-order valence-corrected chi connectivity index (χ0v) is 10.3. The van der Waals surface area contributed by atoms with Gasteiger partial charge in [0.2, 0.25) is 0 Å². The number of halogens is 1. The van der Waals surface area contributed by atoms with Crippen LogP contribution in [0.25, 0.3) is 0 Å². The van der Waals surface area contributed by atoms with Crippen molar-refractivity contribution in [2.45, 2.75) is 19.8 Å². The lowest BCUT2D eigenvalue weighted by Crippen LogP contribution is -1.97. The van der Waals surface area contributed by atoms with Crippen LogP contribution in [0.5, 0.6) is 5.75 Å². The summed E-state index contributed by atoms with van der Waals surface area (Å²) in [6, 6.07) is 11.5. The third-order valence-corrected chi connectivity index (χ3v) is 2.72. The molecule has 100 valence electrons. The number of aliphatic hydroxyl groups is 2. The van der Waals surface area contributed by atoms with E-state index in [2.05, 4.69) is 0 Å². The summed E-state index contributed by atoms with van der Waals surface area (Å²) in [4.78, 5) is 0. The Morgan fingerprint density at radius 2 is 1.47 bits per heavy atom. The van der Waals surface area contributed by atoms with E-state index in [9.17, 15) is 4.39 Å². The number of benzene rings is 2. The Morgan fingerprint density at radius 1 is 0.842 bits per heavy atom. The molecule has 0 radical (unpaired) electrons. The van der Waals surface area contributed by atoms with E-state index in [4.69, 9.17) is 14.9 Å². The average molecular weight is 262 g/mol. The third kappa shape index (κ3) is 3.77. The Balaban J connectivity index is 2.03. The second kappa shape index (κ2) is 6.31. The van der Waals surface area contributed by atoms with Gasteiger partial charge in [0.1, 0.15) is 18.2 Å². The Kier molecular flexibility index (Phi) is 4.49. The second-order valence-corrected chi connectivity index (χ2v) is 4.22. The molecule has 0 aliphatic rings. The summed E-state index contributed by atoms with van der Waals surface area (Å²) < 4.78 is 18.7. The molecule has 2 aromatic rings. The summed E-state index contributed by atoms with van der Waals surface area (Å²) in [5.41, 5.74) is 2.23. The van der Waals surface area contributed by atoms with Crippen LogP contribution in [-0.4, -0.2) is 10.2 Å². The number of hydrogen-bond acceptors (Lipinski definition) is 3. The van der Waals surface area contributed by atoms with E-state index in [0.29, 0.717) is 17.9 Å². The summed E-state index contributed by atoms with van der Waals surface area (Å²) in [6.07, 6.45) is 0. The Labute approximate surface area is 110 Å². The lowest BCUT2D eigenvalue weighted by Gasteiger charge is -2.08. The van der Waals surface area contributed by atoms with Crippen LogP contribution in [0.2, 0.25) is 0 Å². The van der Waals surface area contributed by atoms with Crippen LogP contribution >= 0.6 is 0 Å². The van der Waals surface area contributed by atoms with Crippen LogP contribution in [-0.2, 0) is 19.8 Å². The first kappa shape index (κ1) is 13.5. The van der Waals surface area contributed by atoms with Crippen molar-refractivity contribution in [3.63, 3.8) is 0 Å². The fraction of sp³-hybridized carbons (Fsp3) is 0.200. The van der Waals surface area contributed by atoms with Gasteiger partial charge in [-0.25, -0.2) is 4.39 Å². The zero-order valence-electron chi connectivity index (χ0n) is 10.3. The fourth-order valence-corrected chi connectivity index (χ4v) is 1.70. The summed E-state index contributed by atoms with van der Waals surface area (Å²) >= 11 is 0. The number of hydrogen-bond donors (Lipinski definition) is 2. The van der Waals surface area contributed by atoms with Gasteiger partial charge in [-0.15, -0.1) is 0 Å². The van der Waals surface area contributed by atoms with E-state index in [-0.39, 0.29) is 13.2 Å². The highest BCUT2D eigenvalue weighted by Crippen LogP contribution is 2.18. The molecule has 3 nitrogen and oxygen atoms in total. The average Bonchev–Trinajstić information content (AvgIpc) is 2.45. The monoisotopic (exact) mass is 262 g/mol. The molecule has 0 spiro atoms. The van der Waals surface area contributed by atoms with Crippen LogP contribution in [0.3, 0.4) is 0 Å². The van der Waals surface area contributed by atoms with Gasteiger partial charge in [-0.1, -0.05) is 24.3 Å². The maximum atomic E-state index is 13.2. The van der Waals surface area contributed by atoms with E-state index >= 15 is 0 Å². The smallest absolute Gasteiger partial charge is 0.127 e. The van der Waals surface area contributed by atoms with Crippen LogP contribution in [0.4, 0.5) is 4.39 Å². The van der Waals surface area contributed by atoms with Crippen molar-refractivity contribution in [3.05, 3.63) is 65.0 Å². The molecule has 0 atom stereocenters. The summed E-state index contributed by atoms with van der Waals surface area (Å²) in [7, 11) is 0. The molecular weight excluding hydrogens is 247 g/mol. The normalized spacial score (nSPS) is 10.5. The maximum Gasteiger partial charge on any atom is 0.127 e. The molecule has 0 aliphatic heterocycles. The number of aliphatic hydroxyl groups excluding tert-OH is 2. The molecule has 2 N–H and O–H groups in total. The lowest BCUT2D eigenvalue weighted by atomic mass is 10.1. The van der Waals surface area contributed by atoms with Gasteiger partial charge in [0.25, 0.3) is 0 Å². The first-order valence-corrected chi connectivity index (χ1v) is 5.93. The highest BCUT2D eigenvalue weighted by Gasteiger charge is 2.02. The van der Waals surface area contributed by atoms with E-state index < -0.39 is 5.82 Å². The third-order valence-electron chi connectivity index (χ3n) is 2.72. The van der Waals surface area contributed by atoms with Crippen molar-refractivity contribution in [2.75, 3.05) is 0 Å². The molecule has 0 unspecified atom stereocenters. The molecule has 0 fully saturated rings. The predicted molar refractivity (Wildman–Crippen MR) is 69.0 cm³/mol. The van der Waals surface area contributed by atoms with Gasteiger partial charge in [-0.05, 0) is 28.8 Å². The van der Waals surface area contributed by atoms with Gasteiger partial charge in [-0.3, -0.25) is 0 Å². The molecular formula is C15H15FO3. The largest absolute Gasteiger partial charge is 0.489 e. The molecule has 0 amide bonds. The second-order valence-electron chi connectivity index (χ2n) is 4.22. The summed E-state index contributed by atoms with van der Waals surface area (Å²) in [6.45, 7) is 0.0875. The number of ether oxygens (including phenoxy) is 1. The number of rotatable bonds is 5. The fourth-order valence-electron chi connectivity index (χ4n) is 1.70. The van der Waals surface area contributed by atoms with Gasteiger partial charge >= 0.3 is 0 Å². The van der Waals surface area contributed by atoms with Crippen molar-refractivity contribution in [3.8, 4) is 5.75 Å². The molecule has 2 aromatic carbocycles. The Morgan fingerprint density at radius 3 is 2.11 bits per heavy atom. The maximum absolute atomic E-state index is 13.2. The van der Waals surface area contributed by atoms with Crippen LogP contribution in [0.15, 0.2) is 42.5 Å². The van der Waals surface area contributed by atoms with E-state index in [1.165, 1.54) is 12.1 Å². The van der Waals surface area contributed by atoms with Gasteiger partial charge in [0, 0.05) is 6.07 Å². The van der Waals surface area contributed by atoms with E-state index in [0.717, 1.165) is 11.1 Å². The Bertz CT molecular complexity index is 538.